The van der Waals surface area contributed by atoms with E-state index >= 15 is 0 Å². The number of halogens is 1. The summed E-state index contributed by atoms with van der Waals surface area (Å²) in [5, 5.41) is 15.2. The molecule has 2 aromatic carbocycles. The summed E-state index contributed by atoms with van der Waals surface area (Å²) in [6, 6.07) is 12.4. The van der Waals surface area contributed by atoms with Crippen LogP contribution >= 0.6 is 11.6 Å². The van der Waals surface area contributed by atoms with Crippen molar-refractivity contribution < 1.29 is 9.72 Å². The largest absolute Gasteiger partial charge is 0.375 e. The van der Waals surface area contributed by atoms with Crippen LogP contribution in [-0.4, -0.2) is 41.9 Å². The molecule has 1 amide bonds. The number of carbonyl (C=O) groups is 1. The summed E-state index contributed by atoms with van der Waals surface area (Å²) in [6.07, 6.45) is 0. The average molecular weight is 389 g/mol. The van der Waals surface area contributed by atoms with Crippen LogP contribution in [0.25, 0.3) is 0 Å². The van der Waals surface area contributed by atoms with Gasteiger partial charge in [0, 0.05) is 56.4 Å². The molecule has 142 valence electrons. The highest BCUT2D eigenvalue weighted by molar-refractivity contribution is 6.30. The highest BCUT2D eigenvalue weighted by Crippen LogP contribution is 2.30. The molecule has 7 nitrogen and oxygen atoms in total. The Morgan fingerprint density at radius 1 is 1.15 bits per heavy atom. The number of nitrogens with zero attached hydrogens (tertiary/aromatic N) is 3. The van der Waals surface area contributed by atoms with E-state index in [2.05, 4.69) is 10.2 Å². The lowest BCUT2D eigenvalue weighted by Gasteiger charge is -2.35. The topological polar surface area (TPSA) is 78.7 Å². The normalized spacial score (nSPS) is 14.1. The molecule has 27 heavy (non-hydrogen) atoms. The quantitative estimate of drug-likeness (QED) is 0.626. The molecule has 0 saturated carbocycles. The molecule has 0 unspecified atom stereocenters. The van der Waals surface area contributed by atoms with E-state index < -0.39 is 0 Å². The van der Waals surface area contributed by atoms with Crippen LogP contribution in [0.15, 0.2) is 42.5 Å². The van der Waals surface area contributed by atoms with Crippen molar-refractivity contribution in [2.24, 2.45) is 0 Å². The van der Waals surface area contributed by atoms with Crippen molar-refractivity contribution in [2.75, 3.05) is 36.4 Å². The number of rotatable bonds is 5. The molecule has 1 heterocycles. The van der Waals surface area contributed by atoms with Gasteiger partial charge in [0.15, 0.2) is 0 Å². The number of hydrogen-bond donors (Lipinski definition) is 1. The van der Waals surface area contributed by atoms with Crippen LogP contribution in [0.1, 0.15) is 12.5 Å². The first kappa shape index (κ1) is 19.0. The number of benzene rings is 2. The third kappa shape index (κ3) is 4.68. The number of nitrogens with one attached hydrogen (secondary N) is 1. The number of hydrogen-bond acceptors (Lipinski definition) is 5. The number of amides is 1. The molecule has 0 aromatic heterocycles. The molecule has 0 atom stereocenters. The minimum Gasteiger partial charge on any atom is -0.375 e. The summed E-state index contributed by atoms with van der Waals surface area (Å²) in [6.45, 7) is 4.74. The summed E-state index contributed by atoms with van der Waals surface area (Å²) in [4.78, 5) is 26.4. The van der Waals surface area contributed by atoms with Crippen molar-refractivity contribution in [3.05, 3.63) is 63.2 Å². The van der Waals surface area contributed by atoms with Gasteiger partial charge in [0.25, 0.3) is 5.69 Å². The molecule has 2 aromatic rings. The second kappa shape index (κ2) is 8.26. The fourth-order valence-electron chi connectivity index (χ4n) is 3.10. The molecule has 1 aliphatic heterocycles. The lowest BCUT2D eigenvalue weighted by Crippen LogP contribution is -2.48. The third-order valence-electron chi connectivity index (χ3n) is 4.66. The Kier molecular flexibility index (Phi) is 5.81. The van der Waals surface area contributed by atoms with Crippen molar-refractivity contribution >= 4 is 34.6 Å². The van der Waals surface area contributed by atoms with Gasteiger partial charge in [-0.1, -0.05) is 23.7 Å². The van der Waals surface area contributed by atoms with E-state index in [0.717, 1.165) is 11.3 Å². The Morgan fingerprint density at radius 3 is 2.41 bits per heavy atom. The zero-order valence-electron chi connectivity index (χ0n) is 15.0. The van der Waals surface area contributed by atoms with Gasteiger partial charge in [-0.3, -0.25) is 14.9 Å². The Hall–Kier alpha value is -2.80. The first-order chi connectivity index (χ1) is 12.9. The summed E-state index contributed by atoms with van der Waals surface area (Å²) in [5.41, 5.74) is 2.40. The smallest absolute Gasteiger partial charge is 0.292 e. The van der Waals surface area contributed by atoms with Crippen molar-refractivity contribution in [2.45, 2.75) is 13.5 Å². The molecule has 0 spiro atoms. The second-order valence-corrected chi connectivity index (χ2v) is 6.87. The second-order valence-electron chi connectivity index (χ2n) is 6.43. The number of nitro benzene ring substituents is 1. The van der Waals surface area contributed by atoms with Gasteiger partial charge < -0.3 is 15.1 Å². The SMILES string of the molecule is CC(=O)N1CCN(c2ccc([N+](=O)[O-])c(NCc3ccc(Cl)cc3)c2)CC1. The molecule has 0 bridgehead atoms. The fourth-order valence-corrected chi connectivity index (χ4v) is 3.23. The van der Waals surface area contributed by atoms with E-state index in [1.807, 2.05) is 17.0 Å². The molecule has 8 heteroatoms. The maximum atomic E-state index is 11.5. The van der Waals surface area contributed by atoms with Crippen LogP contribution < -0.4 is 10.2 Å². The first-order valence-corrected chi connectivity index (χ1v) is 9.09. The molecular weight excluding hydrogens is 368 g/mol. The molecule has 1 fully saturated rings. The van der Waals surface area contributed by atoms with Crippen LogP contribution in [-0.2, 0) is 11.3 Å². The molecule has 1 aliphatic rings. The Morgan fingerprint density at radius 2 is 1.81 bits per heavy atom. The molecule has 1 saturated heterocycles. The van der Waals surface area contributed by atoms with Gasteiger partial charge >= 0.3 is 0 Å². The number of anilines is 2. The lowest BCUT2D eigenvalue weighted by atomic mass is 10.1. The zero-order valence-corrected chi connectivity index (χ0v) is 15.8. The molecule has 0 radical (unpaired) electrons. The summed E-state index contributed by atoms with van der Waals surface area (Å²) >= 11 is 5.89. The summed E-state index contributed by atoms with van der Waals surface area (Å²) in [5.74, 6) is 0.0728. The summed E-state index contributed by atoms with van der Waals surface area (Å²) < 4.78 is 0. The van der Waals surface area contributed by atoms with Crippen LogP contribution in [0.5, 0.6) is 0 Å². The van der Waals surface area contributed by atoms with E-state index in [4.69, 9.17) is 11.6 Å². The predicted molar refractivity (Wildman–Crippen MR) is 106 cm³/mol. The molecular formula is C19H21ClN4O3. The van der Waals surface area contributed by atoms with Gasteiger partial charge in [-0.2, -0.15) is 0 Å². The maximum absolute atomic E-state index is 11.5. The fraction of sp³-hybridized carbons (Fsp3) is 0.316. The Labute approximate surface area is 162 Å². The van der Waals surface area contributed by atoms with Gasteiger partial charge in [-0.05, 0) is 29.8 Å². The van der Waals surface area contributed by atoms with E-state index in [9.17, 15) is 14.9 Å². The Bertz CT molecular complexity index is 833. The van der Waals surface area contributed by atoms with E-state index in [0.29, 0.717) is 43.4 Å². The van der Waals surface area contributed by atoms with Gasteiger partial charge in [-0.15, -0.1) is 0 Å². The van der Waals surface area contributed by atoms with Crippen LogP contribution in [0.4, 0.5) is 17.1 Å². The lowest BCUT2D eigenvalue weighted by molar-refractivity contribution is -0.384. The van der Waals surface area contributed by atoms with Gasteiger partial charge in [-0.25, -0.2) is 0 Å². The van der Waals surface area contributed by atoms with Crippen molar-refractivity contribution in [3.63, 3.8) is 0 Å². The van der Waals surface area contributed by atoms with E-state index in [-0.39, 0.29) is 16.5 Å². The predicted octanol–water partition coefficient (Wildman–Crippen LogP) is 3.53. The maximum Gasteiger partial charge on any atom is 0.292 e. The summed E-state index contributed by atoms with van der Waals surface area (Å²) in [7, 11) is 0. The highest BCUT2D eigenvalue weighted by atomic mass is 35.5. The Balaban J connectivity index is 1.75. The molecule has 1 N–H and O–H groups in total. The highest BCUT2D eigenvalue weighted by Gasteiger charge is 2.21. The van der Waals surface area contributed by atoms with E-state index in [1.165, 1.54) is 6.07 Å². The number of nitro groups is 1. The third-order valence-corrected chi connectivity index (χ3v) is 4.92. The molecule has 3 rings (SSSR count). The minimum absolute atomic E-state index is 0.0371. The monoisotopic (exact) mass is 388 g/mol. The first-order valence-electron chi connectivity index (χ1n) is 8.71. The van der Waals surface area contributed by atoms with Crippen molar-refractivity contribution in [1.82, 2.24) is 4.90 Å². The van der Waals surface area contributed by atoms with Gasteiger partial charge in [0.2, 0.25) is 5.91 Å². The van der Waals surface area contributed by atoms with Crippen molar-refractivity contribution in [1.29, 1.82) is 0 Å². The zero-order chi connectivity index (χ0) is 19.4. The van der Waals surface area contributed by atoms with Crippen molar-refractivity contribution in [3.8, 4) is 0 Å². The molecule has 0 aliphatic carbocycles. The van der Waals surface area contributed by atoms with Crippen LogP contribution in [0.2, 0.25) is 5.02 Å². The van der Waals surface area contributed by atoms with E-state index in [1.54, 1.807) is 31.2 Å². The standard InChI is InChI=1S/C19H21ClN4O3/c1-14(25)22-8-10-23(11-9-22)17-6-7-19(24(26)27)18(12-17)21-13-15-2-4-16(20)5-3-15/h2-7,12,21H,8-11,13H2,1H3. The van der Waals surface area contributed by atoms with Crippen LogP contribution in [0, 0.1) is 10.1 Å². The average Bonchev–Trinajstić information content (AvgIpc) is 2.67. The minimum atomic E-state index is -0.387. The number of piperazine rings is 1. The van der Waals surface area contributed by atoms with Crippen LogP contribution in [0.3, 0.4) is 0 Å². The van der Waals surface area contributed by atoms with Gasteiger partial charge in [0.05, 0.1) is 4.92 Å². The van der Waals surface area contributed by atoms with Gasteiger partial charge in [0.1, 0.15) is 5.69 Å². The number of carbonyl (C=O) groups excluding carboxylic acids is 1.